The number of nitrogens with zero attached hydrogens (tertiary/aromatic N) is 1. The molecule has 2 N–H and O–H groups in total. The number of carbonyl (C=O) groups is 3. The second-order valence-corrected chi connectivity index (χ2v) is 10.4. The number of ether oxygens (including phenoxy) is 1. The number of anilines is 2. The fraction of sp³-hybridized carbons (Fsp3) is 0.640. The molecule has 0 aromatic heterocycles. The van der Waals surface area contributed by atoms with Gasteiger partial charge in [-0.3, -0.25) is 14.4 Å². The fourth-order valence-electron chi connectivity index (χ4n) is 7.26. The Hall–Kier alpha value is -2.57. The van der Waals surface area contributed by atoms with E-state index in [9.17, 15) is 14.4 Å². The lowest BCUT2D eigenvalue weighted by Crippen LogP contribution is -2.56. The molecule has 5 aliphatic rings. The maximum Gasteiger partial charge on any atom is 0.247 e. The van der Waals surface area contributed by atoms with E-state index in [2.05, 4.69) is 10.6 Å². The van der Waals surface area contributed by atoms with Crippen LogP contribution in [0.25, 0.3) is 0 Å². The second kappa shape index (κ2) is 8.09. The Morgan fingerprint density at radius 3 is 2.28 bits per heavy atom. The summed E-state index contributed by atoms with van der Waals surface area (Å²) in [6, 6.07) is 4.69. The molecule has 1 heterocycles. The minimum atomic E-state index is -0.454. The molecule has 0 spiro atoms. The second-order valence-electron chi connectivity index (χ2n) is 10.4. The van der Waals surface area contributed by atoms with Crippen molar-refractivity contribution in [3.05, 3.63) is 18.2 Å². The van der Waals surface area contributed by atoms with Gasteiger partial charge in [0.15, 0.2) is 0 Å². The molecule has 1 atom stereocenters. The molecule has 172 valence electrons. The summed E-state index contributed by atoms with van der Waals surface area (Å²) < 4.78 is 5.40. The Kier molecular flexibility index (Phi) is 5.38. The van der Waals surface area contributed by atoms with Crippen molar-refractivity contribution in [1.82, 2.24) is 4.90 Å². The Labute approximate surface area is 189 Å². The number of carbonyl (C=O) groups excluding carboxylic acids is 3. The molecular formula is C25H33N3O4. The van der Waals surface area contributed by atoms with Crippen LogP contribution in [0.15, 0.2) is 18.2 Å². The van der Waals surface area contributed by atoms with Gasteiger partial charge < -0.3 is 20.3 Å². The molecule has 1 aliphatic heterocycles. The van der Waals surface area contributed by atoms with E-state index < -0.39 is 6.04 Å². The van der Waals surface area contributed by atoms with Gasteiger partial charge in [0, 0.05) is 19.2 Å². The summed E-state index contributed by atoms with van der Waals surface area (Å²) in [4.78, 5) is 40.4. The first-order chi connectivity index (χ1) is 15.4. The lowest BCUT2D eigenvalue weighted by molar-refractivity contribution is -0.160. The van der Waals surface area contributed by atoms with Gasteiger partial charge >= 0.3 is 0 Å². The summed E-state index contributed by atoms with van der Waals surface area (Å²) in [5.74, 6) is 2.45. The summed E-state index contributed by atoms with van der Waals surface area (Å²) in [6.07, 6.45) is 8.43. The van der Waals surface area contributed by atoms with Crippen LogP contribution in [-0.2, 0) is 14.4 Å². The van der Waals surface area contributed by atoms with Crippen molar-refractivity contribution in [2.24, 2.45) is 23.2 Å². The standard InChI is InChI=1S/C25H33N3O4/c1-15(29)26-19-5-6-22(32-2)20(11-19)27-23(30)21-4-3-7-28(21)24(31)25-12-16-8-17(13-25)10-18(9-16)14-25/h5-6,11,16-18,21H,3-4,7-10,12-14H2,1-2H3,(H,26,29)(H,27,30)/t16?,17?,18?,21-,25?/m0/s1. The fourth-order valence-corrected chi connectivity index (χ4v) is 7.26. The van der Waals surface area contributed by atoms with Crippen LogP contribution < -0.4 is 15.4 Å². The molecule has 0 radical (unpaired) electrons. The molecule has 32 heavy (non-hydrogen) atoms. The molecule has 6 rings (SSSR count). The van der Waals surface area contributed by atoms with E-state index in [0.29, 0.717) is 47.8 Å². The zero-order valence-corrected chi connectivity index (χ0v) is 19.0. The van der Waals surface area contributed by atoms with Gasteiger partial charge in [0.2, 0.25) is 17.7 Å². The third kappa shape index (κ3) is 3.76. The molecule has 3 amide bonds. The first-order valence-corrected chi connectivity index (χ1v) is 11.9. The monoisotopic (exact) mass is 439 g/mol. The highest BCUT2D eigenvalue weighted by Gasteiger charge is 2.56. The predicted molar refractivity (Wildman–Crippen MR) is 121 cm³/mol. The van der Waals surface area contributed by atoms with Crippen molar-refractivity contribution in [2.75, 3.05) is 24.3 Å². The molecule has 1 saturated heterocycles. The molecule has 7 nitrogen and oxygen atoms in total. The normalized spacial score (nSPS) is 32.6. The van der Waals surface area contributed by atoms with Crippen molar-refractivity contribution in [1.29, 1.82) is 0 Å². The summed E-state index contributed by atoms with van der Waals surface area (Å²) in [7, 11) is 1.54. The highest BCUT2D eigenvalue weighted by molar-refractivity contribution is 6.00. The van der Waals surface area contributed by atoms with Crippen LogP contribution in [0.1, 0.15) is 58.3 Å². The third-order valence-corrected chi connectivity index (χ3v) is 8.09. The quantitative estimate of drug-likeness (QED) is 0.731. The topological polar surface area (TPSA) is 87.7 Å². The number of methoxy groups -OCH3 is 1. The van der Waals surface area contributed by atoms with Gasteiger partial charge in [-0.1, -0.05) is 0 Å². The molecule has 4 aliphatic carbocycles. The molecule has 1 aromatic rings. The first-order valence-electron chi connectivity index (χ1n) is 11.9. The Balaban J connectivity index is 1.33. The zero-order valence-electron chi connectivity index (χ0n) is 19.0. The molecule has 0 unspecified atom stereocenters. The largest absolute Gasteiger partial charge is 0.495 e. The molecule has 4 saturated carbocycles. The number of nitrogens with one attached hydrogen (secondary N) is 2. The Morgan fingerprint density at radius 1 is 1.03 bits per heavy atom. The van der Waals surface area contributed by atoms with E-state index in [1.807, 2.05) is 4.90 Å². The zero-order chi connectivity index (χ0) is 22.5. The maximum absolute atomic E-state index is 13.8. The average Bonchev–Trinajstić information content (AvgIpc) is 3.22. The van der Waals surface area contributed by atoms with E-state index in [1.165, 1.54) is 26.2 Å². The highest BCUT2D eigenvalue weighted by atomic mass is 16.5. The summed E-state index contributed by atoms with van der Waals surface area (Å²) in [5, 5.41) is 5.70. The van der Waals surface area contributed by atoms with Crippen molar-refractivity contribution in [2.45, 2.75) is 64.3 Å². The molecule has 7 heteroatoms. The van der Waals surface area contributed by atoms with Gasteiger partial charge in [0.05, 0.1) is 18.2 Å². The van der Waals surface area contributed by atoms with Crippen LogP contribution in [0, 0.1) is 23.2 Å². The van der Waals surface area contributed by atoms with E-state index in [-0.39, 0.29) is 23.1 Å². The molecular weight excluding hydrogens is 406 g/mol. The van der Waals surface area contributed by atoms with Crippen LogP contribution in [0.4, 0.5) is 11.4 Å². The van der Waals surface area contributed by atoms with Crippen LogP contribution in [0.3, 0.4) is 0 Å². The van der Waals surface area contributed by atoms with Crippen LogP contribution in [-0.4, -0.2) is 42.3 Å². The lowest BCUT2D eigenvalue weighted by atomic mass is 9.49. The average molecular weight is 440 g/mol. The summed E-state index contributed by atoms with van der Waals surface area (Å²) in [5.41, 5.74) is 0.847. The highest BCUT2D eigenvalue weighted by Crippen LogP contribution is 2.60. The minimum Gasteiger partial charge on any atom is -0.495 e. The summed E-state index contributed by atoms with van der Waals surface area (Å²) in [6.45, 7) is 2.09. The third-order valence-electron chi connectivity index (χ3n) is 8.09. The lowest BCUT2D eigenvalue weighted by Gasteiger charge is -2.56. The van der Waals surface area contributed by atoms with Crippen molar-refractivity contribution < 1.29 is 19.1 Å². The first kappa shape index (κ1) is 21.3. The number of hydrogen-bond acceptors (Lipinski definition) is 4. The van der Waals surface area contributed by atoms with Gasteiger partial charge in [0.25, 0.3) is 0 Å². The maximum atomic E-state index is 13.8. The van der Waals surface area contributed by atoms with Crippen molar-refractivity contribution >= 4 is 29.1 Å². The van der Waals surface area contributed by atoms with E-state index in [0.717, 1.165) is 25.7 Å². The number of benzene rings is 1. The van der Waals surface area contributed by atoms with Gasteiger partial charge in [-0.2, -0.15) is 0 Å². The van der Waals surface area contributed by atoms with Crippen LogP contribution in [0.5, 0.6) is 5.75 Å². The van der Waals surface area contributed by atoms with Crippen LogP contribution >= 0.6 is 0 Å². The van der Waals surface area contributed by atoms with Gasteiger partial charge in [0.1, 0.15) is 11.8 Å². The smallest absolute Gasteiger partial charge is 0.247 e. The van der Waals surface area contributed by atoms with E-state index in [4.69, 9.17) is 4.74 Å². The number of likely N-dealkylation sites (tertiary alicyclic amines) is 1. The number of rotatable bonds is 5. The SMILES string of the molecule is COc1ccc(NC(C)=O)cc1NC(=O)[C@@H]1CCCN1C(=O)C12CC3CC(CC(C3)C1)C2. The number of hydrogen-bond donors (Lipinski definition) is 2. The minimum absolute atomic E-state index is 0.182. The molecule has 1 aromatic carbocycles. The van der Waals surface area contributed by atoms with Gasteiger partial charge in [-0.05, 0) is 87.3 Å². The van der Waals surface area contributed by atoms with Crippen molar-refractivity contribution in [3.8, 4) is 5.75 Å². The van der Waals surface area contributed by atoms with Gasteiger partial charge in [-0.15, -0.1) is 0 Å². The Morgan fingerprint density at radius 2 is 1.69 bits per heavy atom. The van der Waals surface area contributed by atoms with E-state index in [1.54, 1.807) is 25.3 Å². The van der Waals surface area contributed by atoms with Crippen molar-refractivity contribution in [3.63, 3.8) is 0 Å². The van der Waals surface area contributed by atoms with Gasteiger partial charge in [-0.25, -0.2) is 0 Å². The predicted octanol–water partition coefficient (Wildman–Crippen LogP) is 3.80. The molecule has 4 bridgehead atoms. The van der Waals surface area contributed by atoms with Crippen LogP contribution in [0.2, 0.25) is 0 Å². The molecule has 5 fully saturated rings. The van der Waals surface area contributed by atoms with E-state index >= 15 is 0 Å². The number of amides is 3. The Bertz CT molecular complexity index is 908. The summed E-state index contributed by atoms with van der Waals surface area (Å²) >= 11 is 0.